The highest BCUT2D eigenvalue weighted by atomic mass is 16.8. The van der Waals surface area contributed by atoms with Gasteiger partial charge in [-0.2, -0.15) is 0 Å². The van der Waals surface area contributed by atoms with Crippen LogP contribution in [0.4, 0.5) is 0 Å². The van der Waals surface area contributed by atoms with Crippen LogP contribution in [0.15, 0.2) is 35.9 Å². The van der Waals surface area contributed by atoms with Crippen molar-refractivity contribution in [3.63, 3.8) is 0 Å². The maximum atomic E-state index is 15.5. The third-order valence-corrected chi connectivity index (χ3v) is 32.9. The molecule has 9 heterocycles. The summed E-state index contributed by atoms with van der Waals surface area (Å²) in [4.78, 5) is 29.0. The lowest BCUT2D eigenvalue weighted by molar-refractivity contribution is -0.387. The summed E-state index contributed by atoms with van der Waals surface area (Å²) in [6.45, 7) is 15.4. The molecule has 13 fully saturated rings. The first-order valence-corrected chi connectivity index (χ1v) is 47.6. The summed E-state index contributed by atoms with van der Waals surface area (Å²) in [6.07, 6.45) is -65.8. The molecule has 786 valence electrons. The number of hydrogen-bond donors (Lipinski definition) is 24. The number of carbonyl (C=O) groups excluding carboxylic acids is 2. The van der Waals surface area contributed by atoms with Crippen LogP contribution < -0.4 is 4.74 Å². The number of hydrogen-bond acceptors (Lipinski definition) is 46. The van der Waals surface area contributed by atoms with Gasteiger partial charge in [0.05, 0.1) is 76.6 Å². The van der Waals surface area contributed by atoms with Crippen LogP contribution in [0.5, 0.6) is 11.5 Å². The van der Waals surface area contributed by atoms with E-state index < -0.39 is 338 Å². The van der Waals surface area contributed by atoms with E-state index in [1.165, 1.54) is 52.2 Å². The number of carbonyl (C=O) groups is 2. The van der Waals surface area contributed by atoms with E-state index in [2.05, 4.69) is 54.5 Å². The quantitative estimate of drug-likeness (QED) is 0.0177. The summed E-state index contributed by atoms with van der Waals surface area (Å²) in [6, 6.07) is 4.14. The van der Waals surface area contributed by atoms with E-state index in [-0.39, 0.29) is 51.1 Å². The van der Waals surface area contributed by atoms with Crippen molar-refractivity contribution >= 4 is 18.0 Å². The third-order valence-electron chi connectivity index (χ3n) is 32.9. The van der Waals surface area contributed by atoms with Crippen molar-refractivity contribution in [2.75, 3.05) is 46.8 Å². The van der Waals surface area contributed by atoms with Crippen LogP contribution >= 0.6 is 0 Å². The molecule has 51 unspecified atom stereocenters. The highest BCUT2D eigenvalue weighted by molar-refractivity contribution is 5.87. The highest BCUT2D eigenvalue weighted by Gasteiger charge is 2.71. The van der Waals surface area contributed by atoms with Crippen molar-refractivity contribution < 1.29 is 227 Å². The summed E-state index contributed by atoms with van der Waals surface area (Å²) in [5, 5.41) is 268. The van der Waals surface area contributed by atoms with E-state index in [4.69, 9.17) is 94.7 Å². The molecule has 0 radical (unpaired) electrons. The zero-order chi connectivity index (χ0) is 100. The fraction of sp³-hybridized carbons (Fsp3) is 0.870. The van der Waals surface area contributed by atoms with Gasteiger partial charge in [0.2, 0.25) is 6.29 Å². The summed E-state index contributed by atoms with van der Waals surface area (Å²) in [5.74, 6) is -2.25. The summed E-state index contributed by atoms with van der Waals surface area (Å²) < 4.78 is 118. The van der Waals surface area contributed by atoms with Crippen LogP contribution in [0.1, 0.15) is 139 Å². The molecule has 5 aliphatic carbocycles. The molecular formula is C92H142O46. The molecule has 0 aromatic heterocycles. The molecule has 15 rings (SSSR count). The first kappa shape index (κ1) is 108. The van der Waals surface area contributed by atoms with E-state index in [1.54, 1.807) is 0 Å². The minimum absolute atomic E-state index is 0.00924. The standard InChI is InChI=1S/C92H142O46/c1-34-52(98)59(105)66(112)77(124-34)121-32-46-57(103)62(108)76(133-51(97)17-13-37-12-15-42(119-11)40(95)26-37)85(131-46)135-73-44(29-94)128-81(70(116)64(73)110)129-47-33-123-79(65(111)58(47)104)136-74-54(100)36(3)126-83(71(74)117)137-75-55(101)41(96)30-120-84(75)132-50-19-20-89(8)48(88(50,6)7)18-21-91(10)49(89)16-14-38-39-27-87(4,5)22-24-92(39,25-23-90(38,91)9)86(118)138-82-68(114)61(107)56(102)45(130-82)31-122-78-69(115)63(109)72(43(28-93)127-78)134-80-67(113)60(106)53(99)35(2)125-80/h12-15,17,26,34-36,39,41,43-50,52-85,93-96,98-117H,16,18-25,27-33H2,1-11H3/b17-13+. The van der Waals surface area contributed by atoms with Crippen molar-refractivity contribution in [1.82, 2.24) is 0 Å². The van der Waals surface area contributed by atoms with Crippen molar-refractivity contribution in [2.24, 2.45) is 50.2 Å². The Bertz CT molecular complexity index is 4300. The number of fused-ring (bicyclic) bond motifs is 7. The second kappa shape index (κ2) is 42.5. The Balaban J connectivity index is 0.567. The molecule has 46 nitrogen and oxygen atoms in total. The Hall–Kier alpha value is -4.36. The average molecular weight is 1980 g/mol. The third kappa shape index (κ3) is 20.3. The molecule has 46 heteroatoms. The fourth-order valence-electron chi connectivity index (χ4n) is 24.2. The SMILES string of the molecule is COc1ccc(/C=C/C(=O)OC2C(OC3C(CO)OC(OC4COC(OC5C(O)C(C)OC(OC6C(OC7CCC8(C)C(CCC9(C)C8CC=C8C%10CC(C)(C)CCC%10(C(=O)OC%10OC(COC%11OC(CO)C(OC%12OC(C)C(O)C(O)C%12O)C(O)C%11O)C(O)C(O)C%10O)CCC89C)C7(C)C)OCC(O)C6O)C5O)C(O)C4O)C(O)C3O)OC(COC3OC(C)C(O)C(O)C3O)C(O)C2O)cc1O. The molecule has 4 saturated carbocycles. The number of aliphatic hydroxyl groups excluding tert-OH is 23. The monoisotopic (exact) mass is 1980 g/mol. The number of aliphatic hydroxyl groups is 23. The van der Waals surface area contributed by atoms with Gasteiger partial charge < -0.3 is 217 Å². The lowest BCUT2D eigenvalue weighted by atomic mass is 9.33. The van der Waals surface area contributed by atoms with Crippen LogP contribution in [-0.2, 0) is 99.6 Å². The van der Waals surface area contributed by atoms with Gasteiger partial charge in [-0.3, -0.25) is 4.79 Å². The lowest BCUT2D eigenvalue weighted by Crippen LogP contribution is -2.67. The number of phenols is 1. The van der Waals surface area contributed by atoms with Crippen LogP contribution in [0, 0.1) is 50.2 Å². The predicted octanol–water partition coefficient (Wildman–Crippen LogP) is -6.57. The Kier molecular flexibility index (Phi) is 33.2. The Morgan fingerprint density at radius 3 is 1.57 bits per heavy atom. The predicted molar refractivity (Wildman–Crippen MR) is 457 cm³/mol. The molecule has 14 aliphatic rings. The Labute approximate surface area is 795 Å². The largest absolute Gasteiger partial charge is 0.504 e. The molecule has 0 amide bonds. The number of aromatic hydroxyl groups is 1. The van der Waals surface area contributed by atoms with Gasteiger partial charge in [0, 0.05) is 6.08 Å². The van der Waals surface area contributed by atoms with Crippen molar-refractivity contribution in [3.05, 3.63) is 41.5 Å². The normalized spacial score (nSPS) is 50.8. The Morgan fingerprint density at radius 1 is 0.435 bits per heavy atom. The average Bonchev–Trinajstić information content (AvgIpc) is 0.672. The molecule has 1 aromatic rings. The maximum absolute atomic E-state index is 15.5. The molecular weight excluding hydrogens is 1840 g/mol. The summed E-state index contributed by atoms with van der Waals surface area (Å²) in [5.41, 5.74) is -1.70. The van der Waals surface area contributed by atoms with Crippen LogP contribution in [0.2, 0.25) is 0 Å². The molecule has 0 spiro atoms. The van der Waals surface area contributed by atoms with Crippen molar-refractivity contribution in [1.29, 1.82) is 0 Å². The van der Waals surface area contributed by atoms with Gasteiger partial charge in [-0.15, -0.1) is 0 Å². The van der Waals surface area contributed by atoms with Gasteiger partial charge in [-0.1, -0.05) is 66.2 Å². The van der Waals surface area contributed by atoms with E-state index in [1.807, 2.05) is 0 Å². The number of methoxy groups -OCH3 is 1. The van der Waals surface area contributed by atoms with E-state index in [9.17, 15) is 127 Å². The van der Waals surface area contributed by atoms with Crippen molar-refractivity contribution in [2.45, 2.75) is 404 Å². The molecule has 0 bridgehead atoms. The number of benzene rings is 1. The number of phenolic OH excluding ortho intramolecular Hbond substituents is 1. The molecule has 24 N–H and O–H groups in total. The van der Waals surface area contributed by atoms with Crippen molar-refractivity contribution in [3.8, 4) is 11.5 Å². The molecule has 9 saturated heterocycles. The van der Waals surface area contributed by atoms with Gasteiger partial charge in [0.25, 0.3) is 0 Å². The molecule has 9 aliphatic heterocycles. The van der Waals surface area contributed by atoms with Crippen LogP contribution in [-0.4, -0.2) is 451 Å². The van der Waals surface area contributed by atoms with E-state index >= 15 is 4.79 Å². The van der Waals surface area contributed by atoms with Gasteiger partial charge in [0.1, 0.15) is 183 Å². The smallest absolute Gasteiger partial charge is 0.331 e. The maximum Gasteiger partial charge on any atom is 0.331 e. The highest BCUT2D eigenvalue weighted by Crippen LogP contribution is 2.76. The molecule has 138 heavy (non-hydrogen) atoms. The van der Waals surface area contributed by atoms with Crippen LogP contribution in [0.3, 0.4) is 0 Å². The summed E-state index contributed by atoms with van der Waals surface area (Å²) in [7, 11) is 1.32. The first-order chi connectivity index (χ1) is 65.0. The first-order valence-electron chi connectivity index (χ1n) is 47.6. The number of rotatable bonds is 26. The van der Waals surface area contributed by atoms with Gasteiger partial charge in [0.15, 0.2) is 67.9 Å². The number of ether oxygens (including phenoxy) is 20. The Morgan fingerprint density at radius 2 is 0.935 bits per heavy atom. The number of esters is 2. The minimum atomic E-state index is -2.19. The fourth-order valence-corrected chi connectivity index (χ4v) is 24.2. The zero-order valence-corrected chi connectivity index (χ0v) is 78.6. The number of allylic oxidation sites excluding steroid dienone is 2. The summed E-state index contributed by atoms with van der Waals surface area (Å²) >= 11 is 0. The van der Waals surface area contributed by atoms with Gasteiger partial charge in [-0.05, 0) is 154 Å². The lowest BCUT2D eigenvalue weighted by Gasteiger charge is -2.71. The minimum Gasteiger partial charge on any atom is -0.504 e. The van der Waals surface area contributed by atoms with E-state index in [0.717, 1.165) is 24.5 Å². The molecule has 51 atom stereocenters. The van der Waals surface area contributed by atoms with Gasteiger partial charge in [-0.25, -0.2) is 4.79 Å². The topological polar surface area (TPSA) is 704 Å². The second-order valence-corrected chi connectivity index (χ2v) is 42.1. The molecule has 1 aromatic carbocycles. The van der Waals surface area contributed by atoms with E-state index in [0.29, 0.717) is 51.4 Å². The van der Waals surface area contributed by atoms with Gasteiger partial charge >= 0.3 is 11.9 Å². The van der Waals surface area contributed by atoms with Crippen LogP contribution in [0.25, 0.3) is 6.08 Å². The second-order valence-electron chi connectivity index (χ2n) is 42.1. The zero-order valence-electron chi connectivity index (χ0n) is 78.6.